The normalized spacial score (nSPS) is 12.5. The Kier molecular flexibility index (Phi) is 3.40. The van der Waals surface area contributed by atoms with Crippen LogP contribution in [0.25, 0.3) is 10.6 Å². The van der Waals surface area contributed by atoms with Crippen LogP contribution >= 0.6 is 11.3 Å². The second-order valence-electron chi connectivity index (χ2n) is 3.85. The number of thiazole rings is 1. The number of methoxy groups -OCH3 is 1. The highest BCUT2D eigenvalue weighted by atomic mass is 32.1. The molecule has 1 atom stereocenters. The maximum atomic E-state index is 5.89. The lowest BCUT2D eigenvalue weighted by molar-refractivity contribution is 0.398. The monoisotopic (exact) mass is 249 g/mol. The number of pyridine rings is 1. The van der Waals surface area contributed by atoms with Crippen LogP contribution in [-0.4, -0.2) is 17.1 Å². The average Bonchev–Trinajstić information content (AvgIpc) is 2.71. The first-order valence-electron chi connectivity index (χ1n) is 5.35. The van der Waals surface area contributed by atoms with Crippen LogP contribution < -0.4 is 10.5 Å². The molecule has 4 nitrogen and oxygen atoms in total. The molecule has 0 saturated heterocycles. The molecule has 0 radical (unpaired) electrons. The van der Waals surface area contributed by atoms with E-state index in [-0.39, 0.29) is 6.04 Å². The second kappa shape index (κ2) is 4.81. The Labute approximate surface area is 104 Å². The van der Waals surface area contributed by atoms with Gasteiger partial charge in [0.1, 0.15) is 5.01 Å². The van der Waals surface area contributed by atoms with Crippen LogP contribution in [0.4, 0.5) is 0 Å². The first kappa shape index (κ1) is 12.0. The molecule has 2 rings (SSSR count). The van der Waals surface area contributed by atoms with Crippen molar-refractivity contribution in [3.63, 3.8) is 0 Å². The van der Waals surface area contributed by atoms with Gasteiger partial charge in [-0.25, -0.2) is 9.97 Å². The summed E-state index contributed by atoms with van der Waals surface area (Å²) in [4.78, 5) is 9.81. The summed E-state index contributed by atoms with van der Waals surface area (Å²) < 4.78 is 5.02. The highest BCUT2D eigenvalue weighted by molar-refractivity contribution is 7.15. The van der Waals surface area contributed by atoms with Gasteiger partial charge in [0.2, 0.25) is 5.88 Å². The van der Waals surface area contributed by atoms with Gasteiger partial charge in [-0.05, 0) is 19.9 Å². The van der Waals surface area contributed by atoms with Gasteiger partial charge >= 0.3 is 0 Å². The third-order valence-electron chi connectivity index (χ3n) is 2.44. The molecule has 0 fully saturated rings. The summed E-state index contributed by atoms with van der Waals surface area (Å²) in [6.45, 7) is 3.95. The Morgan fingerprint density at radius 3 is 2.65 bits per heavy atom. The van der Waals surface area contributed by atoms with E-state index in [0.29, 0.717) is 5.88 Å². The zero-order valence-corrected chi connectivity index (χ0v) is 10.9. The van der Waals surface area contributed by atoms with Crippen LogP contribution in [0.15, 0.2) is 18.3 Å². The molecule has 0 saturated carbocycles. The molecule has 1 unspecified atom stereocenters. The molecule has 0 aromatic carbocycles. The van der Waals surface area contributed by atoms with Gasteiger partial charge in [-0.15, -0.1) is 11.3 Å². The summed E-state index contributed by atoms with van der Waals surface area (Å²) in [5.74, 6) is 0.606. The largest absolute Gasteiger partial charge is 0.481 e. The molecule has 0 aliphatic carbocycles. The van der Waals surface area contributed by atoms with Crippen LogP contribution in [-0.2, 0) is 0 Å². The molecule has 2 aromatic rings. The third kappa shape index (κ3) is 2.45. The van der Waals surface area contributed by atoms with E-state index < -0.39 is 0 Å². The van der Waals surface area contributed by atoms with E-state index in [1.165, 1.54) is 0 Å². The molecule has 90 valence electrons. The van der Waals surface area contributed by atoms with E-state index in [9.17, 15) is 0 Å². The molecular formula is C12H15N3OS. The summed E-state index contributed by atoms with van der Waals surface area (Å²) >= 11 is 1.62. The fourth-order valence-electron chi connectivity index (χ4n) is 1.58. The predicted octanol–water partition coefficient (Wildman–Crippen LogP) is 2.54. The Hall–Kier alpha value is -1.46. The fourth-order valence-corrected chi connectivity index (χ4v) is 2.59. The standard InChI is InChI=1S/C12H15N3OS/c1-7(13)11-8(2)15-12(17-11)9-4-5-10(16-3)14-6-9/h4-7H,13H2,1-3H3. The molecule has 17 heavy (non-hydrogen) atoms. The van der Waals surface area contributed by atoms with Crippen molar-refractivity contribution in [1.82, 2.24) is 9.97 Å². The molecule has 2 aromatic heterocycles. The molecule has 0 spiro atoms. The number of ether oxygens (including phenoxy) is 1. The van der Waals surface area contributed by atoms with E-state index >= 15 is 0 Å². The highest BCUT2D eigenvalue weighted by Crippen LogP contribution is 2.30. The van der Waals surface area contributed by atoms with E-state index in [0.717, 1.165) is 21.1 Å². The van der Waals surface area contributed by atoms with Crippen LogP contribution in [0.2, 0.25) is 0 Å². The van der Waals surface area contributed by atoms with E-state index in [2.05, 4.69) is 9.97 Å². The predicted molar refractivity (Wildman–Crippen MR) is 69.2 cm³/mol. The number of nitrogens with two attached hydrogens (primary N) is 1. The van der Waals surface area contributed by atoms with Gasteiger partial charge in [-0.3, -0.25) is 0 Å². The lowest BCUT2D eigenvalue weighted by atomic mass is 10.2. The Morgan fingerprint density at radius 1 is 1.41 bits per heavy atom. The zero-order valence-electron chi connectivity index (χ0n) is 10.1. The maximum absolute atomic E-state index is 5.89. The van der Waals surface area contributed by atoms with Crippen molar-refractivity contribution in [1.29, 1.82) is 0 Å². The number of aromatic nitrogens is 2. The van der Waals surface area contributed by atoms with Crippen molar-refractivity contribution in [2.45, 2.75) is 19.9 Å². The fraction of sp³-hybridized carbons (Fsp3) is 0.333. The van der Waals surface area contributed by atoms with E-state index in [4.69, 9.17) is 10.5 Å². The number of nitrogens with zero attached hydrogens (tertiary/aromatic N) is 2. The van der Waals surface area contributed by atoms with Crippen LogP contribution in [0.1, 0.15) is 23.5 Å². The minimum atomic E-state index is 0.0208. The first-order valence-corrected chi connectivity index (χ1v) is 6.16. The van der Waals surface area contributed by atoms with Gasteiger partial charge in [0.15, 0.2) is 0 Å². The Bertz CT molecular complexity index is 505. The molecule has 2 N–H and O–H groups in total. The minimum absolute atomic E-state index is 0.0208. The molecular weight excluding hydrogens is 234 g/mol. The van der Waals surface area contributed by atoms with Crippen LogP contribution in [0.5, 0.6) is 5.88 Å². The number of hydrogen-bond donors (Lipinski definition) is 1. The third-order valence-corrected chi connectivity index (χ3v) is 3.85. The summed E-state index contributed by atoms with van der Waals surface area (Å²) in [6, 6.07) is 3.81. The van der Waals surface area contributed by atoms with Crippen molar-refractivity contribution in [3.8, 4) is 16.5 Å². The molecule has 0 aliphatic heterocycles. The van der Waals surface area contributed by atoms with Crippen molar-refractivity contribution in [2.75, 3.05) is 7.11 Å². The molecule has 0 amide bonds. The SMILES string of the molecule is COc1ccc(-c2nc(C)c(C(C)N)s2)cn1. The topological polar surface area (TPSA) is 61.0 Å². The van der Waals surface area contributed by atoms with E-state index in [1.54, 1.807) is 24.6 Å². The van der Waals surface area contributed by atoms with E-state index in [1.807, 2.05) is 26.0 Å². The van der Waals surface area contributed by atoms with Crippen LogP contribution in [0.3, 0.4) is 0 Å². The van der Waals surface area contributed by atoms with Gasteiger partial charge in [-0.1, -0.05) is 0 Å². The molecule has 0 bridgehead atoms. The zero-order chi connectivity index (χ0) is 12.4. The van der Waals surface area contributed by atoms with Gasteiger partial charge in [0, 0.05) is 28.7 Å². The van der Waals surface area contributed by atoms with Gasteiger partial charge in [0.25, 0.3) is 0 Å². The summed E-state index contributed by atoms with van der Waals surface area (Å²) in [5.41, 5.74) is 7.87. The van der Waals surface area contributed by atoms with Crippen molar-refractivity contribution in [3.05, 3.63) is 28.9 Å². The van der Waals surface area contributed by atoms with Gasteiger partial charge in [-0.2, -0.15) is 0 Å². The average molecular weight is 249 g/mol. The van der Waals surface area contributed by atoms with Gasteiger partial charge < -0.3 is 10.5 Å². The van der Waals surface area contributed by atoms with Crippen molar-refractivity contribution >= 4 is 11.3 Å². The number of hydrogen-bond acceptors (Lipinski definition) is 5. The van der Waals surface area contributed by atoms with Crippen LogP contribution in [0, 0.1) is 6.92 Å². The quantitative estimate of drug-likeness (QED) is 0.908. The number of aryl methyl sites for hydroxylation is 1. The second-order valence-corrected chi connectivity index (χ2v) is 4.88. The molecule has 5 heteroatoms. The maximum Gasteiger partial charge on any atom is 0.212 e. The molecule has 2 heterocycles. The smallest absolute Gasteiger partial charge is 0.212 e. The summed E-state index contributed by atoms with van der Waals surface area (Å²) in [7, 11) is 1.60. The van der Waals surface area contributed by atoms with Crippen molar-refractivity contribution < 1.29 is 4.74 Å². The number of rotatable bonds is 3. The highest BCUT2D eigenvalue weighted by Gasteiger charge is 2.12. The summed E-state index contributed by atoms with van der Waals surface area (Å²) in [6.07, 6.45) is 1.77. The minimum Gasteiger partial charge on any atom is -0.481 e. The molecule has 0 aliphatic rings. The summed E-state index contributed by atoms with van der Waals surface area (Å²) in [5, 5.41) is 0.949. The lowest BCUT2D eigenvalue weighted by Gasteiger charge is -2.00. The first-order chi connectivity index (χ1) is 8.11. The van der Waals surface area contributed by atoms with Crippen molar-refractivity contribution in [2.24, 2.45) is 5.73 Å². The lowest BCUT2D eigenvalue weighted by Crippen LogP contribution is -2.03. The van der Waals surface area contributed by atoms with Gasteiger partial charge in [0.05, 0.1) is 12.8 Å². The Balaban J connectivity index is 2.36. The Morgan fingerprint density at radius 2 is 2.18 bits per heavy atom.